The third-order valence-corrected chi connectivity index (χ3v) is 3.51. The second kappa shape index (κ2) is 3.81. The van der Waals surface area contributed by atoms with E-state index >= 15 is 0 Å². The maximum Gasteiger partial charge on any atom is 0.236 e. The number of halogens is 1. The molecular formula is C7H11BrN2O2S. The monoisotopic (exact) mass is 266 g/mol. The van der Waals surface area contributed by atoms with E-state index in [1.54, 1.807) is 19.2 Å². The summed E-state index contributed by atoms with van der Waals surface area (Å²) in [6.45, 7) is 0.526. The molecule has 0 spiro atoms. The topological polar surface area (TPSA) is 51.1 Å². The Kier molecular flexibility index (Phi) is 3.15. The van der Waals surface area contributed by atoms with E-state index in [-0.39, 0.29) is 0 Å². The Labute approximate surface area is 86.1 Å². The molecule has 4 nitrogen and oxygen atoms in total. The number of rotatable bonds is 3. The lowest BCUT2D eigenvalue weighted by molar-refractivity contribution is 0.589. The summed E-state index contributed by atoms with van der Waals surface area (Å²) < 4.78 is 24.5. The van der Waals surface area contributed by atoms with E-state index in [0.29, 0.717) is 11.1 Å². The fraction of sp³-hybridized carbons (Fsp3) is 0.429. The van der Waals surface area contributed by atoms with Gasteiger partial charge in [0.15, 0.2) is 0 Å². The fourth-order valence-electron chi connectivity index (χ4n) is 1.12. The van der Waals surface area contributed by atoms with Gasteiger partial charge in [-0.25, -0.2) is 12.4 Å². The maximum absolute atomic E-state index is 11.3. The zero-order valence-electron chi connectivity index (χ0n) is 7.41. The highest BCUT2D eigenvalue weighted by Gasteiger charge is 2.13. The summed E-state index contributed by atoms with van der Waals surface area (Å²) >= 11 is 3.18. The molecule has 0 aliphatic rings. The predicted molar refractivity (Wildman–Crippen MR) is 55.1 cm³/mol. The van der Waals surface area contributed by atoms with Crippen LogP contribution in [0.4, 0.5) is 0 Å². The van der Waals surface area contributed by atoms with Crippen molar-refractivity contribution in [2.45, 2.75) is 6.54 Å². The predicted octanol–water partition coefficient (Wildman–Crippen LogP) is 0.778. The quantitative estimate of drug-likeness (QED) is 0.880. The van der Waals surface area contributed by atoms with Gasteiger partial charge in [-0.3, -0.25) is 0 Å². The summed E-state index contributed by atoms with van der Waals surface area (Å²) in [7, 11) is -1.44. The fourth-order valence-corrected chi connectivity index (χ4v) is 3.20. The van der Waals surface area contributed by atoms with Gasteiger partial charge in [0.25, 0.3) is 0 Å². The van der Waals surface area contributed by atoms with Crippen LogP contribution in [0.5, 0.6) is 0 Å². The van der Waals surface area contributed by atoms with Gasteiger partial charge < -0.3 is 5.32 Å². The molecular weight excluding hydrogens is 256 g/mol. The van der Waals surface area contributed by atoms with Gasteiger partial charge in [0.2, 0.25) is 10.0 Å². The molecule has 0 amide bonds. The summed E-state index contributed by atoms with van der Waals surface area (Å²) in [6, 6.07) is 3.48. The van der Waals surface area contributed by atoms with Gasteiger partial charge >= 0.3 is 0 Å². The molecule has 0 aliphatic carbocycles. The van der Waals surface area contributed by atoms with Crippen molar-refractivity contribution in [2.75, 3.05) is 13.3 Å². The van der Waals surface area contributed by atoms with E-state index < -0.39 is 10.0 Å². The first-order valence-electron chi connectivity index (χ1n) is 3.68. The van der Waals surface area contributed by atoms with Crippen LogP contribution in [0.1, 0.15) is 5.69 Å². The zero-order valence-corrected chi connectivity index (χ0v) is 9.81. The van der Waals surface area contributed by atoms with Crippen LogP contribution < -0.4 is 5.32 Å². The summed E-state index contributed by atoms with van der Waals surface area (Å²) in [4.78, 5) is 0. The van der Waals surface area contributed by atoms with E-state index in [2.05, 4.69) is 21.2 Å². The Morgan fingerprint density at radius 3 is 2.62 bits per heavy atom. The van der Waals surface area contributed by atoms with Crippen molar-refractivity contribution < 1.29 is 8.42 Å². The Hall–Kier alpha value is -0.330. The Balaban J connectivity index is 3.25. The van der Waals surface area contributed by atoms with Crippen LogP contribution in [0.3, 0.4) is 0 Å². The Morgan fingerprint density at radius 2 is 2.15 bits per heavy atom. The van der Waals surface area contributed by atoms with Crippen LogP contribution >= 0.6 is 15.9 Å². The zero-order chi connectivity index (χ0) is 10.1. The third-order valence-electron chi connectivity index (χ3n) is 1.56. The molecule has 6 heteroatoms. The first kappa shape index (κ1) is 10.7. The minimum Gasteiger partial charge on any atom is -0.314 e. The van der Waals surface area contributed by atoms with Crippen molar-refractivity contribution >= 4 is 26.0 Å². The summed E-state index contributed by atoms with van der Waals surface area (Å²) in [5.41, 5.74) is 0.719. The van der Waals surface area contributed by atoms with Crippen molar-refractivity contribution in [3.8, 4) is 0 Å². The smallest absolute Gasteiger partial charge is 0.236 e. The van der Waals surface area contributed by atoms with Crippen LogP contribution in [-0.2, 0) is 16.6 Å². The highest BCUT2D eigenvalue weighted by atomic mass is 79.9. The molecule has 0 saturated heterocycles. The molecule has 13 heavy (non-hydrogen) atoms. The van der Waals surface area contributed by atoms with Gasteiger partial charge in [-0.1, -0.05) is 0 Å². The highest BCUT2D eigenvalue weighted by Crippen LogP contribution is 2.17. The lowest BCUT2D eigenvalue weighted by Gasteiger charge is -2.07. The number of nitrogens with one attached hydrogen (secondary N) is 1. The average Bonchev–Trinajstić information content (AvgIpc) is 2.31. The first-order valence-corrected chi connectivity index (χ1v) is 6.32. The standard InChI is InChI=1S/C7H11BrN2O2S/c1-9-5-6-3-4-7(8)10(6)13(2,11)12/h3-4,9H,5H2,1-2H3. The van der Waals surface area contributed by atoms with Gasteiger partial charge in [-0.05, 0) is 35.1 Å². The third kappa shape index (κ3) is 2.32. The number of hydrogen-bond donors (Lipinski definition) is 1. The van der Waals surface area contributed by atoms with Crippen LogP contribution in [0.2, 0.25) is 0 Å². The maximum atomic E-state index is 11.3. The molecule has 0 unspecified atom stereocenters. The molecule has 1 rings (SSSR count). The molecule has 0 atom stereocenters. The Bertz CT molecular complexity index is 397. The molecule has 0 radical (unpaired) electrons. The molecule has 0 aromatic carbocycles. The molecule has 0 aliphatic heterocycles. The van der Waals surface area contributed by atoms with E-state index in [4.69, 9.17) is 0 Å². The first-order chi connectivity index (χ1) is 5.96. The summed E-state index contributed by atoms with van der Waals surface area (Å²) in [5, 5.41) is 2.90. The van der Waals surface area contributed by atoms with Crippen LogP contribution in [0, 0.1) is 0 Å². The van der Waals surface area contributed by atoms with E-state index in [1.165, 1.54) is 10.2 Å². The minimum atomic E-state index is -3.21. The SMILES string of the molecule is CNCc1ccc(Br)n1S(C)(=O)=O. The second-order valence-electron chi connectivity index (χ2n) is 2.71. The van der Waals surface area contributed by atoms with Crippen molar-refractivity contribution in [2.24, 2.45) is 0 Å². The van der Waals surface area contributed by atoms with Crippen molar-refractivity contribution in [1.82, 2.24) is 9.29 Å². The van der Waals surface area contributed by atoms with Crippen LogP contribution in [-0.4, -0.2) is 25.7 Å². The van der Waals surface area contributed by atoms with Gasteiger partial charge in [0.05, 0.1) is 10.9 Å². The highest BCUT2D eigenvalue weighted by molar-refractivity contribution is 9.10. The lowest BCUT2D eigenvalue weighted by atomic mass is 10.4. The van der Waals surface area contributed by atoms with E-state index in [9.17, 15) is 8.42 Å². The molecule has 1 heterocycles. The molecule has 1 N–H and O–H groups in total. The number of aromatic nitrogens is 1. The Morgan fingerprint density at radius 1 is 1.54 bits per heavy atom. The van der Waals surface area contributed by atoms with Crippen molar-refractivity contribution in [3.63, 3.8) is 0 Å². The van der Waals surface area contributed by atoms with Gasteiger partial charge in [-0.2, -0.15) is 0 Å². The molecule has 0 fully saturated rings. The number of nitrogens with zero attached hydrogens (tertiary/aromatic N) is 1. The van der Waals surface area contributed by atoms with Crippen LogP contribution in [0.15, 0.2) is 16.7 Å². The summed E-state index contributed by atoms with van der Waals surface area (Å²) in [5.74, 6) is 0. The second-order valence-corrected chi connectivity index (χ2v) is 5.35. The van der Waals surface area contributed by atoms with Crippen molar-refractivity contribution in [1.29, 1.82) is 0 Å². The van der Waals surface area contributed by atoms with E-state index in [0.717, 1.165) is 5.69 Å². The van der Waals surface area contributed by atoms with Crippen molar-refractivity contribution in [3.05, 3.63) is 22.4 Å². The average molecular weight is 267 g/mol. The molecule has 0 saturated carbocycles. The molecule has 0 bridgehead atoms. The van der Waals surface area contributed by atoms with E-state index in [1.807, 2.05) is 0 Å². The molecule has 1 aromatic heterocycles. The number of hydrogen-bond acceptors (Lipinski definition) is 3. The van der Waals surface area contributed by atoms with Crippen LogP contribution in [0.25, 0.3) is 0 Å². The normalized spacial score (nSPS) is 11.9. The molecule has 1 aromatic rings. The largest absolute Gasteiger partial charge is 0.314 e. The van der Waals surface area contributed by atoms with Gasteiger partial charge in [0, 0.05) is 12.2 Å². The summed E-state index contributed by atoms with van der Waals surface area (Å²) in [6.07, 6.45) is 1.18. The lowest BCUT2D eigenvalue weighted by Crippen LogP contribution is -2.17. The van der Waals surface area contributed by atoms with Gasteiger partial charge in [-0.15, -0.1) is 0 Å². The minimum absolute atomic E-state index is 0.526. The van der Waals surface area contributed by atoms with Gasteiger partial charge in [0.1, 0.15) is 0 Å². The molecule has 74 valence electrons.